The molecule has 8 nitrogen and oxygen atoms in total. The third-order valence-corrected chi connectivity index (χ3v) is 7.84. The Hall–Kier alpha value is -4.07. The summed E-state index contributed by atoms with van der Waals surface area (Å²) in [7, 11) is 3.82. The predicted octanol–water partition coefficient (Wildman–Crippen LogP) is 6.19. The molecule has 0 spiro atoms. The lowest BCUT2D eigenvalue weighted by atomic mass is 10.1. The van der Waals surface area contributed by atoms with Crippen molar-refractivity contribution in [3.05, 3.63) is 83.2 Å². The number of likely N-dealkylation sites (N-methyl/N-ethyl adjacent to an activating group) is 2. The Bertz CT molecular complexity index is 1330. The van der Waals surface area contributed by atoms with Gasteiger partial charge < -0.3 is 24.8 Å². The minimum absolute atomic E-state index is 0.0546. The van der Waals surface area contributed by atoms with Crippen molar-refractivity contribution < 1.29 is 14.3 Å². The molecule has 0 saturated carbocycles. The number of allylic oxidation sites excluding steroid dienone is 1. The number of aliphatic imine (C=N–C) groups is 1. The molecule has 0 aromatic heterocycles. The van der Waals surface area contributed by atoms with Gasteiger partial charge in [0.25, 0.3) is 5.91 Å². The maximum absolute atomic E-state index is 14.2. The molecule has 232 valence electrons. The van der Waals surface area contributed by atoms with Gasteiger partial charge in [-0.05, 0) is 57.4 Å². The molecule has 8 heteroatoms. The Morgan fingerprint density at radius 3 is 2.47 bits per heavy atom. The van der Waals surface area contributed by atoms with E-state index in [4.69, 9.17) is 4.74 Å². The molecule has 0 radical (unpaired) electrons. The van der Waals surface area contributed by atoms with Crippen LogP contribution in [0.2, 0.25) is 0 Å². The summed E-state index contributed by atoms with van der Waals surface area (Å²) in [6.45, 7) is 14.2. The van der Waals surface area contributed by atoms with Crippen molar-refractivity contribution in [3.63, 3.8) is 0 Å². The Balaban J connectivity index is 1.97. The van der Waals surface area contributed by atoms with Gasteiger partial charge in [-0.1, -0.05) is 62.7 Å². The van der Waals surface area contributed by atoms with Crippen molar-refractivity contribution in [1.82, 2.24) is 15.1 Å². The third kappa shape index (κ3) is 8.96. The van der Waals surface area contributed by atoms with Gasteiger partial charge in [-0.2, -0.15) is 0 Å². The first-order valence-electron chi connectivity index (χ1n) is 15.4. The second-order valence-electron chi connectivity index (χ2n) is 11.2. The Labute approximate surface area is 258 Å². The topological polar surface area (TPSA) is 77.5 Å². The van der Waals surface area contributed by atoms with Crippen LogP contribution in [0, 0.1) is 5.92 Å². The summed E-state index contributed by atoms with van der Waals surface area (Å²) in [5.41, 5.74) is 3.45. The maximum Gasteiger partial charge on any atom is 0.262 e. The zero-order chi connectivity index (χ0) is 31.5. The third-order valence-electron chi connectivity index (χ3n) is 7.84. The van der Waals surface area contributed by atoms with Crippen molar-refractivity contribution in [2.75, 3.05) is 45.2 Å². The van der Waals surface area contributed by atoms with E-state index in [0.29, 0.717) is 37.5 Å². The molecule has 0 fully saturated rings. The summed E-state index contributed by atoms with van der Waals surface area (Å²) in [4.78, 5) is 37.2. The molecule has 2 atom stereocenters. The number of rotatable bonds is 12. The number of carbonyl (C=O) groups is 2. The minimum Gasteiger partial charge on any atom is -0.484 e. The largest absolute Gasteiger partial charge is 0.484 e. The van der Waals surface area contributed by atoms with Gasteiger partial charge in [-0.25, -0.2) is 0 Å². The molecule has 2 unspecified atom stereocenters. The molecule has 1 heterocycles. The minimum atomic E-state index is -0.373. The van der Waals surface area contributed by atoms with Crippen molar-refractivity contribution in [2.45, 2.75) is 60.5 Å². The van der Waals surface area contributed by atoms with Crippen LogP contribution in [-0.4, -0.2) is 67.7 Å². The number of benzene rings is 2. The summed E-state index contributed by atoms with van der Waals surface area (Å²) in [6.07, 6.45) is 3.23. The number of amidine groups is 1. The van der Waals surface area contributed by atoms with E-state index in [1.54, 1.807) is 4.90 Å². The van der Waals surface area contributed by atoms with E-state index in [-0.39, 0.29) is 23.8 Å². The molecule has 1 aliphatic rings. The van der Waals surface area contributed by atoms with Crippen molar-refractivity contribution in [1.29, 1.82) is 0 Å². The fourth-order valence-electron chi connectivity index (χ4n) is 4.91. The Morgan fingerprint density at radius 2 is 1.81 bits per heavy atom. The van der Waals surface area contributed by atoms with Crippen molar-refractivity contribution in [3.8, 4) is 5.75 Å². The lowest BCUT2D eigenvalue weighted by Gasteiger charge is -2.28. The molecule has 1 N–H and O–H groups in total. The fourth-order valence-corrected chi connectivity index (χ4v) is 4.91. The van der Waals surface area contributed by atoms with Crippen LogP contribution in [0.15, 0.2) is 82.6 Å². The van der Waals surface area contributed by atoms with Gasteiger partial charge in [0.15, 0.2) is 0 Å². The first-order chi connectivity index (χ1) is 20.6. The van der Waals surface area contributed by atoms with E-state index in [9.17, 15) is 9.59 Å². The van der Waals surface area contributed by atoms with E-state index in [1.807, 2.05) is 114 Å². The normalized spacial score (nSPS) is 16.1. The molecule has 3 rings (SSSR count). The standard InChI is InChI=1S/C35H49N5O3/c1-9-25(4)22-31-33(37-27(6)36-11-3)38(7)20-21-40(35(31)42)29-18-15-19-30(23-29)43-32(28-16-13-12-14-17-28)24-39(8)34(41)26(5)10-2/h12-19,22-23,26,32H,9-11,20-21,24H2,1-8H3,(H,36,37)/b25-22-. The maximum atomic E-state index is 14.2. The highest BCUT2D eigenvalue weighted by molar-refractivity contribution is 6.08. The van der Waals surface area contributed by atoms with Gasteiger partial charge in [-0.15, -0.1) is 0 Å². The fraction of sp³-hybridized carbons (Fsp3) is 0.457. The number of carbonyl (C=O) groups excluding carboxylic acids is 2. The summed E-state index contributed by atoms with van der Waals surface area (Å²) >= 11 is 0. The predicted molar refractivity (Wildman–Crippen MR) is 176 cm³/mol. The molecule has 2 aromatic carbocycles. The second-order valence-corrected chi connectivity index (χ2v) is 11.2. The first kappa shape index (κ1) is 33.4. The summed E-state index contributed by atoms with van der Waals surface area (Å²) in [6, 6.07) is 17.6. The molecule has 1 aliphatic heterocycles. The molecular weight excluding hydrogens is 538 g/mol. The molecular formula is C35H49N5O3. The van der Waals surface area contributed by atoms with Gasteiger partial charge in [0.05, 0.1) is 18.0 Å². The van der Waals surface area contributed by atoms with Crippen LogP contribution in [0.1, 0.15) is 66.1 Å². The summed E-state index contributed by atoms with van der Waals surface area (Å²) in [5.74, 6) is 2.11. The summed E-state index contributed by atoms with van der Waals surface area (Å²) < 4.78 is 6.57. The number of amides is 2. The highest BCUT2D eigenvalue weighted by Gasteiger charge is 2.29. The second kappa shape index (κ2) is 16.0. The van der Waals surface area contributed by atoms with Crippen LogP contribution >= 0.6 is 0 Å². The monoisotopic (exact) mass is 587 g/mol. The van der Waals surface area contributed by atoms with Crippen molar-refractivity contribution >= 4 is 23.3 Å². The highest BCUT2D eigenvalue weighted by atomic mass is 16.5. The van der Waals surface area contributed by atoms with Crippen LogP contribution in [0.4, 0.5) is 5.69 Å². The van der Waals surface area contributed by atoms with Crippen LogP contribution in [0.3, 0.4) is 0 Å². The zero-order valence-corrected chi connectivity index (χ0v) is 27.2. The van der Waals surface area contributed by atoms with E-state index in [0.717, 1.165) is 41.3 Å². The molecule has 2 amide bonds. The van der Waals surface area contributed by atoms with E-state index in [2.05, 4.69) is 22.1 Å². The molecule has 0 saturated heterocycles. The quantitative estimate of drug-likeness (QED) is 0.237. The average Bonchev–Trinajstić information content (AvgIpc) is 3.12. The highest BCUT2D eigenvalue weighted by Crippen LogP contribution is 2.30. The van der Waals surface area contributed by atoms with Gasteiger partial charge >= 0.3 is 0 Å². The molecule has 0 bridgehead atoms. The summed E-state index contributed by atoms with van der Waals surface area (Å²) in [5, 5.41) is 3.39. The average molecular weight is 588 g/mol. The molecule has 2 aromatic rings. The Kier molecular flexibility index (Phi) is 12.4. The lowest BCUT2D eigenvalue weighted by Crippen LogP contribution is -2.36. The van der Waals surface area contributed by atoms with Crippen molar-refractivity contribution in [2.24, 2.45) is 10.9 Å². The zero-order valence-electron chi connectivity index (χ0n) is 27.2. The Morgan fingerprint density at radius 1 is 1.09 bits per heavy atom. The molecule has 43 heavy (non-hydrogen) atoms. The van der Waals surface area contributed by atoms with Gasteiger partial charge in [0.1, 0.15) is 17.7 Å². The molecule has 0 aliphatic carbocycles. The van der Waals surface area contributed by atoms with E-state index in [1.165, 1.54) is 0 Å². The number of ether oxygens (including phenoxy) is 1. The van der Waals surface area contributed by atoms with Crippen LogP contribution < -0.4 is 15.0 Å². The number of nitrogens with one attached hydrogen (secondary N) is 1. The van der Waals surface area contributed by atoms with Gasteiger partial charge in [-0.3, -0.25) is 14.6 Å². The van der Waals surface area contributed by atoms with Crippen LogP contribution in [0.5, 0.6) is 5.75 Å². The SMILES string of the molecule is CCN=C(C)NC1=C(/C=C(/C)CC)C(=O)N(c2cccc(OC(CN(C)C(=O)C(C)CC)c3ccccc3)c2)CCN1C. The lowest BCUT2D eigenvalue weighted by molar-refractivity contribution is -0.134. The van der Waals surface area contributed by atoms with Crippen LogP contribution in [-0.2, 0) is 9.59 Å². The smallest absolute Gasteiger partial charge is 0.262 e. The number of anilines is 1. The number of hydrogen-bond acceptors (Lipinski definition) is 5. The van der Waals surface area contributed by atoms with Gasteiger partial charge in [0.2, 0.25) is 5.91 Å². The van der Waals surface area contributed by atoms with E-state index < -0.39 is 0 Å². The number of nitrogens with zero attached hydrogens (tertiary/aromatic N) is 4. The number of hydrogen-bond donors (Lipinski definition) is 1. The van der Waals surface area contributed by atoms with Crippen LogP contribution in [0.25, 0.3) is 0 Å². The van der Waals surface area contributed by atoms with Gasteiger partial charge in [0, 0.05) is 51.4 Å². The first-order valence-corrected chi connectivity index (χ1v) is 15.4. The van der Waals surface area contributed by atoms with E-state index >= 15 is 0 Å².